The molecular formula is C34H48O7. The SMILES string of the molecule is CC(C)CC[C@H]1OC(c2ccc(O)cc2)O[C@]1(C)[C@H]1CC[C@@]2(O)C3=CC(=O)[C@@H]4C[C@@H](O)[C@@H](O)C[C@]4(C)[C@H]3CC[C@]12C. The summed E-state index contributed by atoms with van der Waals surface area (Å²) in [6, 6.07) is 6.99. The van der Waals surface area contributed by atoms with Crippen LogP contribution in [0, 0.1) is 34.5 Å². The van der Waals surface area contributed by atoms with E-state index < -0.39 is 40.5 Å². The molecule has 3 saturated carbocycles. The van der Waals surface area contributed by atoms with Gasteiger partial charge in [-0.1, -0.05) is 39.8 Å². The number of benzene rings is 1. The third-order valence-corrected chi connectivity index (χ3v) is 12.3. The number of aliphatic hydroxyl groups excluding tert-OH is 2. The molecule has 0 aromatic heterocycles. The van der Waals surface area contributed by atoms with Crippen LogP contribution in [-0.4, -0.2) is 55.7 Å². The molecule has 4 fully saturated rings. The average molecular weight is 569 g/mol. The van der Waals surface area contributed by atoms with E-state index in [-0.39, 0.29) is 41.8 Å². The van der Waals surface area contributed by atoms with E-state index in [0.717, 1.165) is 43.2 Å². The average Bonchev–Trinajstić information content (AvgIpc) is 3.39. The molecule has 0 amide bonds. The Labute approximate surface area is 243 Å². The van der Waals surface area contributed by atoms with E-state index in [1.54, 1.807) is 18.2 Å². The number of aliphatic hydroxyl groups is 3. The molecule has 1 aromatic carbocycles. The Bertz CT molecular complexity index is 1210. The summed E-state index contributed by atoms with van der Waals surface area (Å²) in [6.45, 7) is 10.8. The Kier molecular flexibility index (Phi) is 7.06. The summed E-state index contributed by atoms with van der Waals surface area (Å²) in [4.78, 5) is 13.6. The zero-order valence-electron chi connectivity index (χ0n) is 25.2. The van der Waals surface area contributed by atoms with Gasteiger partial charge in [0.1, 0.15) is 5.75 Å². The zero-order chi connectivity index (χ0) is 29.5. The molecule has 11 atom stereocenters. The molecule has 1 aliphatic heterocycles. The van der Waals surface area contributed by atoms with Crippen LogP contribution in [0.4, 0.5) is 0 Å². The maximum atomic E-state index is 13.6. The molecule has 7 heteroatoms. The Morgan fingerprint density at radius 3 is 2.39 bits per heavy atom. The number of fused-ring (bicyclic) bond motifs is 5. The molecule has 6 rings (SSSR count). The van der Waals surface area contributed by atoms with Gasteiger partial charge in [-0.05, 0) is 105 Å². The maximum Gasteiger partial charge on any atom is 0.185 e. The third kappa shape index (κ3) is 4.28. The van der Waals surface area contributed by atoms with E-state index >= 15 is 0 Å². The van der Waals surface area contributed by atoms with Crippen LogP contribution in [0.1, 0.15) is 97.8 Å². The van der Waals surface area contributed by atoms with Crippen molar-refractivity contribution < 1.29 is 34.7 Å². The van der Waals surface area contributed by atoms with E-state index in [0.29, 0.717) is 18.8 Å². The molecule has 1 heterocycles. The minimum absolute atomic E-state index is 0.000488. The molecule has 0 radical (unpaired) electrons. The summed E-state index contributed by atoms with van der Waals surface area (Å²) in [5.74, 6) is 0.329. The number of carbonyl (C=O) groups excluding carboxylic acids is 1. The lowest BCUT2D eigenvalue weighted by Crippen LogP contribution is -2.62. The van der Waals surface area contributed by atoms with Crippen molar-refractivity contribution in [3.05, 3.63) is 41.5 Å². The Hall–Kier alpha value is -1.77. The standard InChI is InChI=1S/C34H48O7/c1-19(2)6-11-29-33(5,41-30(40-29)20-7-9-21(35)10-8-20)28-13-15-34(39)23-16-25(36)24-17-26(37)27(38)18-31(24,3)22(23)12-14-32(28,34)4/h7-10,16,19,22,24,26-30,35,37-39H,6,11-15,17-18H2,1-5H3/t22-,24-,26+,27-,28-,29+,30?,31+,32+,33+,34+/m0/s1. The van der Waals surface area contributed by atoms with Crippen molar-refractivity contribution in [3.63, 3.8) is 0 Å². The highest BCUT2D eigenvalue weighted by Gasteiger charge is 2.70. The molecule has 1 saturated heterocycles. The largest absolute Gasteiger partial charge is 0.508 e. The summed E-state index contributed by atoms with van der Waals surface area (Å²) < 4.78 is 13.5. The second-order valence-corrected chi connectivity index (χ2v) is 14.9. The van der Waals surface area contributed by atoms with Crippen LogP contribution in [0.5, 0.6) is 5.75 Å². The lowest BCUT2D eigenvalue weighted by Gasteiger charge is -2.60. The molecule has 0 bridgehead atoms. The minimum Gasteiger partial charge on any atom is -0.508 e. The van der Waals surface area contributed by atoms with Crippen molar-refractivity contribution in [1.82, 2.24) is 0 Å². The van der Waals surface area contributed by atoms with Gasteiger partial charge < -0.3 is 29.9 Å². The summed E-state index contributed by atoms with van der Waals surface area (Å²) in [6.07, 6.45) is 4.64. The predicted octanol–water partition coefficient (Wildman–Crippen LogP) is 5.21. The van der Waals surface area contributed by atoms with Crippen LogP contribution in [0.3, 0.4) is 0 Å². The van der Waals surface area contributed by atoms with Gasteiger partial charge in [0.25, 0.3) is 0 Å². The first-order chi connectivity index (χ1) is 19.2. The molecular weight excluding hydrogens is 520 g/mol. The topological polar surface area (TPSA) is 116 Å². The first kappa shape index (κ1) is 29.3. The van der Waals surface area contributed by atoms with Crippen LogP contribution < -0.4 is 0 Å². The van der Waals surface area contributed by atoms with Crippen molar-refractivity contribution in [2.24, 2.45) is 34.5 Å². The molecule has 41 heavy (non-hydrogen) atoms. The molecule has 7 nitrogen and oxygen atoms in total. The number of phenols is 1. The highest BCUT2D eigenvalue weighted by Crippen LogP contribution is 2.70. The Morgan fingerprint density at radius 1 is 1.00 bits per heavy atom. The first-order valence-corrected chi connectivity index (χ1v) is 15.7. The van der Waals surface area contributed by atoms with E-state index in [2.05, 4.69) is 34.6 Å². The third-order valence-electron chi connectivity index (χ3n) is 12.3. The van der Waals surface area contributed by atoms with Crippen molar-refractivity contribution in [3.8, 4) is 5.75 Å². The van der Waals surface area contributed by atoms with Gasteiger partial charge in [0.05, 0.1) is 29.5 Å². The lowest BCUT2D eigenvalue weighted by atomic mass is 9.45. The number of hydrogen-bond donors (Lipinski definition) is 4. The van der Waals surface area contributed by atoms with Gasteiger partial charge in [-0.2, -0.15) is 0 Å². The fourth-order valence-corrected chi connectivity index (χ4v) is 9.83. The number of ether oxygens (including phenoxy) is 2. The van der Waals surface area contributed by atoms with Crippen molar-refractivity contribution in [1.29, 1.82) is 0 Å². The number of carbonyl (C=O) groups is 1. The summed E-state index contributed by atoms with van der Waals surface area (Å²) >= 11 is 0. The fourth-order valence-electron chi connectivity index (χ4n) is 9.83. The number of phenolic OH excluding ortho intramolecular Hbond substituents is 1. The van der Waals surface area contributed by atoms with Crippen molar-refractivity contribution in [2.45, 2.75) is 122 Å². The maximum absolute atomic E-state index is 13.6. The van der Waals surface area contributed by atoms with E-state index in [9.17, 15) is 25.2 Å². The number of hydrogen-bond acceptors (Lipinski definition) is 7. The summed E-state index contributed by atoms with van der Waals surface area (Å²) in [5, 5.41) is 43.6. The van der Waals surface area contributed by atoms with Crippen LogP contribution in [0.2, 0.25) is 0 Å². The van der Waals surface area contributed by atoms with Crippen LogP contribution in [-0.2, 0) is 14.3 Å². The Morgan fingerprint density at radius 2 is 1.71 bits per heavy atom. The van der Waals surface area contributed by atoms with E-state index in [1.807, 2.05) is 12.1 Å². The molecule has 4 N–H and O–H groups in total. The monoisotopic (exact) mass is 568 g/mol. The molecule has 226 valence electrons. The summed E-state index contributed by atoms with van der Waals surface area (Å²) in [7, 11) is 0. The second kappa shape index (κ2) is 9.88. The zero-order valence-corrected chi connectivity index (χ0v) is 25.2. The first-order valence-electron chi connectivity index (χ1n) is 15.7. The number of aromatic hydroxyl groups is 1. The molecule has 1 aromatic rings. The van der Waals surface area contributed by atoms with Gasteiger partial charge in [-0.15, -0.1) is 0 Å². The van der Waals surface area contributed by atoms with Gasteiger partial charge in [0, 0.05) is 16.9 Å². The minimum atomic E-state index is -1.16. The number of rotatable bonds is 5. The van der Waals surface area contributed by atoms with Crippen LogP contribution in [0.25, 0.3) is 0 Å². The van der Waals surface area contributed by atoms with E-state index in [4.69, 9.17) is 9.47 Å². The quantitative estimate of drug-likeness (QED) is 0.386. The van der Waals surface area contributed by atoms with Crippen molar-refractivity contribution >= 4 is 5.78 Å². The lowest BCUT2D eigenvalue weighted by molar-refractivity contribution is -0.168. The fraction of sp³-hybridized carbons (Fsp3) is 0.735. The molecule has 4 aliphatic carbocycles. The Balaban J connectivity index is 1.35. The van der Waals surface area contributed by atoms with Gasteiger partial charge in [-0.3, -0.25) is 4.79 Å². The molecule has 0 spiro atoms. The predicted molar refractivity (Wildman–Crippen MR) is 154 cm³/mol. The van der Waals surface area contributed by atoms with Crippen LogP contribution in [0.15, 0.2) is 35.9 Å². The van der Waals surface area contributed by atoms with Gasteiger partial charge in [-0.25, -0.2) is 0 Å². The van der Waals surface area contributed by atoms with Gasteiger partial charge in [0.2, 0.25) is 0 Å². The number of allylic oxidation sites excluding steroid dienone is 1. The highest BCUT2D eigenvalue weighted by atomic mass is 16.7. The summed E-state index contributed by atoms with van der Waals surface area (Å²) in [5.41, 5.74) is -1.13. The van der Waals surface area contributed by atoms with Gasteiger partial charge >= 0.3 is 0 Å². The van der Waals surface area contributed by atoms with E-state index in [1.165, 1.54) is 0 Å². The second-order valence-electron chi connectivity index (χ2n) is 14.9. The number of ketones is 1. The van der Waals surface area contributed by atoms with Crippen LogP contribution >= 0.6 is 0 Å². The molecule has 1 unspecified atom stereocenters. The van der Waals surface area contributed by atoms with Gasteiger partial charge in [0.15, 0.2) is 12.1 Å². The highest BCUT2D eigenvalue weighted by molar-refractivity contribution is 5.95. The molecule has 5 aliphatic rings. The van der Waals surface area contributed by atoms with Crippen molar-refractivity contribution in [2.75, 3.05) is 0 Å². The normalized spacial score (nSPS) is 47.6. The smallest absolute Gasteiger partial charge is 0.185 e.